The van der Waals surface area contributed by atoms with Crippen molar-refractivity contribution in [3.63, 3.8) is 0 Å². The van der Waals surface area contributed by atoms with Gasteiger partial charge in [-0.1, -0.05) is 33.8 Å². The molecule has 1 saturated carbocycles. The molecule has 4 atom stereocenters. The van der Waals surface area contributed by atoms with Crippen molar-refractivity contribution in [1.29, 1.82) is 0 Å². The van der Waals surface area contributed by atoms with Crippen molar-refractivity contribution >= 4 is 17.7 Å². The molecule has 0 radical (unpaired) electrons. The molecule has 1 saturated heterocycles. The monoisotopic (exact) mass is 587 g/mol. The van der Waals surface area contributed by atoms with Crippen LogP contribution in [0.15, 0.2) is 18.3 Å². The van der Waals surface area contributed by atoms with Gasteiger partial charge in [-0.2, -0.15) is 0 Å². The first-order valence-electron chi connectivity index (χ1n) is 16.3. The van der Waals surface area contributed by atoms with Gasteiger partial charge in [-0.05, 0) is 95.6 Å². The highest BCUT2D eigenvalue weighted by Gasteiger charge is 2.43. The van der Waals surface area contributed by atoms with E-state index in [1.54, 1.807) is 4.90 Å². The number of pyridine rings is 1. The van der Waals surface area contributed by atoms with Crippen molar-refractivity contribution in [1.82, 2.24) is 9.88 Å². The third kappa shape index (κ3) is 10.5. The zero-order valence-electron chi connectivity index (χ0n) is 27.5. The molecular formula is C34H57N3O5. The molecule has 1 N–H and O–H groups in total. The van der Waals surface area contributed by atoms with Crippen molar-refractivity contribution in [2.45, 2.75) is 124 Å². The standard InChI is InChI=1S/C34H57N3O5/c1-9-41-22-25(17-23(2)3)11-10-12-30(38)27-18-28(21-36(20-27)33(40)42-34(6,7)8)32(39)37(29-14-15-29)31-16-13-26(19-35-31)24(4)5/h13,16,19,23-25,27-29,32,39H,9-12,14-15,17-18,20-22H2,1-8H3/t25?,27-,28+,32?/m0/s1. The predicted molar refractivity (Wildman–Crippen MR) is 168 cm³/mol. The van der Waals surface area contributed by atoms with Gasteiger partial charge in [-0.25, -0.2) is 9.78 Å². The molecule has 1 aromatic heterocycles. The van der Waals surface area contributed by atoms with Crippen LogP contribution in [0.5, 0.6) is 0 Å². The van der Waals surface area contributed by atoms with Gasteiger partial charge >= 0.3 is 6.09 Å². The molecule has 8 heteroatoms. The molecule has 238 valence electrons. The predicted octanol–water partition coefficient (Wildman–Crippen LogP) is 6.80. The smallest absolute Gasteiger partial charge is 0.410 e. The van der Waals surface area contributed by atoms with Crippen molar-refractivity contribution in [3.8, 4) is 0 Å². The molecule has 0 bridgehead atoms. The lowest BCUT2D eigenvalue weighted by Gasteiger charge is -2.42. The minimum absolute atomic E-state index is 0.164. The summed E-state index contributed by atoms with van der Waals surface area (Å²) in [6.45, 7) is 18.4. The average molecular weight is 588 g/mol. The summed E-state index contributed by atoms with van der Waals surface area (Å²) in [5, 5.41) is 11.8. The van der Waals surface area contributed by atoms with E-state index in [0.717, 1.165) is 50.1 Å². The average Bonchev–Trinajstić information content (AvgIpc) is 3.75. The van der Waals surface area contributed by atoms with Crippen LogP contribution in [0.3, 0.4) is 0 Å². The maximum atomic E-state index is 13.6. The van der Waals surface area contributed by atoms with E-state index in [4.69, 9.17) is 14.5 Å². The minimum atomic E-state index is -0.850. The minimum Gasteiger partial charge on any atom is -0.444 e. The van der Waals surface area contributed by atoms with Gasteiger partial charge < -0.3 is 24.4 Å². The second kappa shape index (κ2) is 15.5. The van der Waals surface area contributed by atoms with E-state index < -0.39 is 17.9 Å². The number of hydrogen-bond acceptors (Lipinski definition) is 7. The van der Waals surface area contributed by atoms with Gasteiger partial charge in [0.2, 0.25) is 0 Å². The molecule has 2 aliphatic rings. The van der Waals surface area contributed by atoms with Gasteiger partial charge in [-0.15, -0.1) is 0 Å². The zero-order chi connectivity index (χ0) is 31.0. The first-order chi connectivity index (χ1) is 19.8. The lowest BCUT2D eigenvalue weighted by atomic mass is 9.83. The summed E-state index contributed by atoms with van der Waals surface area (Å²) in [5.41, 5.74) is 0.510. The quantitative estimate of drug-likeness (QED) is 0.226. The van der Waals surface area contributed by atoms with E-state index in [1.807, 2.05) is 44.9 Å². The topological polar surface area (TPSA) is 92.2 Å². The Morgan fingerprint density at radius 3 is 2.40 bits per heavy atom. The van der Waals surface area contributed by atoms with E-state index >= 15 is 0 Å². The number of aromatic nitrogens is 1. The molecule has 1 amide bonds. The van der Waals surface area contributed by atoms with Crippen molar-refractivity contribution < 1.29 is 24.2 Å². The fourth-order valence-electron chi connectivity index (χ4n) is 6.06. The Balaban J connectivity index is 1.74. The van der Waals surface area contributed by atoms with E-state index in [9.17, 15) is 14.7 Å². The van der Waals surface area contributed by atoms with Crippen LogP contribution in [-0.2, 0) is 14.3 Å². The van der Waals surface area contributed by atoms with E-state index in [0.29, 0.717) is 50.3 Å². The Hall–Kier alpha value is -2.19. The molecule has 42 heavy (non-hydrogen) atoms. The van der Waals surface area contributed by atoms with Crippen LogP contribution in [0.25, 0.3) is 0 Å². The van der Waals surface area contributed by atoms with Crippen molar-refractivity contribution in [3.05, 3.63) is 23.9 Å². The highest BCUT2D eigenvalue weighted by molar-refractivity contribution is 5.82. The number of carbonyl (C=O) groups excluding carboxylic acids is 2. The second-order valence-corrected chi connectivity index (χ2v) is 14.2. The number of anilines is 1. The lowest BCUT2D eigenvalue weighted by molar-refractivity contribution is -0.126. The number of ketones is 1. The normalized spacial score (nSPS) is 21.0. The Labute approximate surface area is 254 Å². The van der Waals surface area contributed by atoms with Gasteiger partial charge in [0.05, 0.1) is 0 Å². The Bertz CT molecular complexity index is 986. The highest BCUT2D eigenvalue weighted by Crippen LogP contribution is 2.37. The summed E-state index contributed by atoms with van der Waals surface area (Å²) in [6.07, 6.45) is 6.46. The number of Topliss-reactive ketones (excluding diaryl/α,β-unsaturated/α-hetero) is 1. The van der Waals surface area contributed by atoms with Crippen LogP contribution in [0.1, 0.15) is 112 Å². The molecule has 8 nitrogen and oxygen atoms in total. The number of aliphatic hydroxyl groups is 1. The number of rotatable bonds is 15. The number of amides is 1. The molecule has 2 fully saturated rings. The summed E-state index contributed by atoms with van der Waals surface area (Å²) in [4.78, 5) is 35.2. The lowest BCUT2D eigenvalue weighted by Crippen LogP contribution is -2.54. The van der Waals surface area contributed by atoms with E-state index in [1.165, 1.54) is 0 Å². The van der Waals surface area contributed by atoms with Crippen LogP contribution in [-0.4, -0.2) is 71.0 Å². The Morgan fingerprint density at radius 1 is 1.14 bits per heavy atom. The van der Waals surface area contributed by atoms with Crippen LogP contribution in [0.2, 0.25) is 0 Å². The first-order valence-corrected chi connectivity index (χ1v) is 16.3. The van der Waals surface area contributed by atoms with Gasteiger partial charge in [0.15, 0.2) is 0 Å². The molecule has 0 aromatic carbocycles. The van der Waals surface area contributed by atoms with Gasteiger partial charge in [0.1, 0.15) is 23.4 Å². The van der Waals surface area contributed by atoms with Crippen LogP contribution in [0.4, 0.5) is 10.6 Å². The molecule has 1 aromatic rings. The van der Waals surface area contributed by atoms with Crippen LogP contribution >= 0.6 is 0 Å². The van der Waals surface area contributed by atoms with Gasteiger partial charge in [-0.3, -0.25) is 4.79 Å². The number of hydrogen-bond donors (Lipinski definition) is 1. The zero-order valence-corrected chi connectivity index (χ0v) is 27.5. The maximum Gasteiger partial charge on any atom is 0.410 e. The highest BCUT2D eigenvalue weighted by atomic mass is 16.6. The molecular weight excluding hydrogens is 530 g/mol. The molecule has 3 rings (SSSR count). The van der Waals surface area contributed by atoms with Crippen molar-refractivity contribution in [2.75, 3.05) is 31.2 Å². The molecule has 1 aliphatic carbocycles. The fraction of sp³-hybridized carbons (Fsp3) is 0.794. The Kier molecular flexibility index (Phi) is 12.7. The molecule has 2 heterocycles. The maximum absolute atomic E-state index is 13.6. The number of ether oxygens (including phenoxy) is 2. The third-order valence-electron chi connectivity index (χ3n) is 8.34. The van der Waals surface area contributed by atoms with E-state index in [2.05, 4.69) is 33.8 Å². The third-order valence-corrected chi connectivity index (χ3v) is 8.34. The largest absolute Gasteiger partial charge is 0.444 e. The molecule has 2 unspecified atom stereocenters. The molecule has 0 spiro atoms. The van der Waals surface area contributed by atoms with Crippen LogP contribution in [0, 0.1) is 23.7 Å². The van der Waals surface area contributed by atoms with E-state index in [-0.39, 0.29) is 23.7 Å². The summed E-state index contributed by atoms with van der Waals surface area (Å²) < 4.78 is 11.4. The number of piperidine rings is 1. The van der Waals surface area contributed by atoms with Crippen molar-refractivity contribution in [2.24, 2.45) is 23.7 Å². The van der Waals surface area contributed by atoms with Gasteiger partial charge in [0, 0.05) is 56.8 Å². The van der Waals surface area contributed by atoms with Crippen LogP contribution < -0.4 is 4.90 Å². The second-order valence-electron chi connectivity index (χ2n) is 14.2. The molecule has 1 aliphatic heterocycles. The summed E-state index contributed by atoms with van der Waals surface area (Å²) >= 11 is 0. The Morgan fingerprint density at radius 2 is 1.86 bits per heavy atom. The van der Waals surface area contributed by atoms with Gasteiger partial charge in [0.25, 0.3) is 0 Å². The number of aliphatic hydroxyl groups excluding tert-OH is 1. The summed E-state index contributed by atoms with van der Waals surface area (Å²) in [5.74, 6) is 1.68. The number of carbonyl (C=O) groups is 2. The first kappa shape index (κ1) is 34.3. The number of likely N-dealkylation sites (tertiary alicyclic amines) is 1. The fourth-order valence-corrected chi connectivity index (χ4v) is 6.06. The summed E-state index contributed by atoms with van der Waals surface area (Å²) in [7, 11) is 0. The number of nitrogens with zero attached hydrogens (tertiary/aromatic N) is 3. The SMILES string of the molecule is CCOCC(CCCC(=O)[C@H]1C[C@@H](C(O)N(c2ccc(C(C)C)cn2)C2CC2)CN(C(=O)OC(C)(C)C)C1)CC(C)C. The summed E-state index contributed by atoms with van der Waals surface area (Å²) in [6, 6.07) is 4.28.